The van der Waals surface area contributed by atoms with Gasteiger partial charge in [-0.25, -0.2) is 0 Å². The maximum absolute atomic E-state index is 6.55. The molecule has 0 fully saturated rings. The highest BCUT2D eigenvalue weighted by molar-refractivity contribution is 6.19. The predicted octanol–water partition coefficient (Wildman–Crippen LogP) is 17.4. The molecule has 0 saturated carbocycles. The maximum atomic E-state index is 6.55. The van der Waals surface area contributed by atoms with E-state index < -0.39 is 0 Å². The zero-order valence-electron chi connectivity index (χ0n) is 34.1. The quantitative estimate of drug-likeness (QED) is 0.157. The van der Waals surface area contributed by atoms with Crippen molar-refractivity contribution in [3.63, 3.8) is 0 Å². The van der Waals surface area contributed by atoms with Crippen LogP contribution in [0.3, 0.4) is 0 Å². The minimum atomic E-state index is 0.893. The van der Waals surface area contributed by atoms with Crippen LogP contribution in [-0.4, -0.2) is 0 Å². The number of para-hydroxylation sites is 1. The van der Waals surface area contributed by atoms with E-state index in [4.69, 9.17) is 8.83 Å². The Labute approximate surface area is 363 Å². The van der Waals surface area contributed by atoms with E-state index in [2.05, 4.69) is 217 Å². The largest absolute Gasteiger partial charge is 0.456 e. The molecule has 0 bridgehead atoms. The summed E-state index contributed by atoms with van der Waals surface area (Å²) in [5.74, 6) is 0. The average Bonchev–Trinajstić information content (AvgIpc) is 3.93. The maximum Gasteiger partial charge on any atom is 0.143 e. The first kappa shape index (κ1) is 35.4. The molecule has 2 heterocycles. The van der Waals surface area contributed by atoms with Crippen LogP contribution in [0.2, 0.25) is 0 Å². The first-order valence-corrected chi connectivity index (χ1v) is 21.5. The van der Waals surface area contributed by atoms with E-state index in [-0.39, 0.29) is 0 Å². The van der Waals surface area contributed by atoms with Crippen LogP contribution in [0, 0.1) is 0 Å². The molecule has 0 saturated heterocycles. The third-order valence-corrected chi connectivity index (χ3v) is 12.9. The van der Waals surface area contributed by atoms with Gasteiger partial charge in [-0.15, -0.1) is 0 Å². The van der Waals surface area contributed by atoms with Gasteiger partial charge in [0.1, 0.15) is 22.3 Å². The molecule has 13 rings (SSSR count). The SMILES string of the molecule is c1ccc2c(c1)ccc1cc(-c3ccc(N(c4ccc(-c5ccc6c(c5)oc5ccccc56)cc4)c4ccc(-c5cccc6oc7c8ccccc8ccc7c56)cc4)cc3)ccc12. The van der Waals surface area contributed by atoms with E-state index in [9.17, 15) is 0 Å². The summed E-state index contributed by atoms with van der Waals surface area (Å²) in [6.07, 6.45) is 0. The van der Waals surface area contributed by atoms with Crippen molar-refractivity contribution in [3.8, 4) is 33.4 Å². The molecule has 0 aliphatic rings. The van der Waals surface area contributed by atoms with Gasteiger partial charge in [-0.3, -0.25) is 0 Å². The molecular formula is C60H37NO2. The summed E-state index contributed by atoms with van der Waals surface area (Å²) in [7, 11) is 0. The number of hydrogen-bond donors (Lipinski definition) is 0. The standard InChI is InChI=1S/C60H37NO2/c1-3-10-49-40(8-1)16-17-45-36-43(25-33-50(45)49)38-18-27-46(28-19-38)61(47-29-20-39(21-30-47)44-26-34-54-53-12-5-6-14-56(53)62-58(54)37-44)48-31-22-42(23-32-48)51-13-7-15-57-59(51)55-35-24-41-9-2-4-11-52(41)60(55)63-57/h1-37H. The zero-order chi connectivity index (χ0) is 41.4. The average molecular weight is 804 g/mol. The van der Waals surface area contributed by atoms with Gasteiger partial charge in [0.15, 0.2) is 0 Å². The number of nitrogens with zero attached hydrogens (tertiary/aromatic N) is 1. The molecule has 0 aliphatic heterocycles. The predicted molar refractivity (Wildman–Crippen MR) is 265 cm³/mol. The molecule has 2 aromatic heterocycles. The summed E-state index contributed by atoms with van der Waals surface area (Å²) in [4.78, 5) is 2.34. The zero-order valence-corrected chi connectivity index (χ0v) is 34.1. The molecule has 0 N–H and O–H groups in total. The Kier molecular flexibility index (Phi) is 7.91. The van der Waals surface area contributed by atoms with Crippen LogP contribution in [-0.2, 0) is 0 Å². The van der Waals surface area contributed by atoms with Crippen molar-refractivity contribution in [1.29, 1.82) is 0 Å². The summed E-state index contributed by atoms with van der Waals surface area (Å²) in [6, 6.07) is 80.6. The van der Waals surface area contributed by atoms with E-state index >= 15 is 0 Å². The number of furan rings is 2. The molecule has 11 aromatic carbocycles. The second-order valence-corrected chi connectivity index (χ2v) is 16.5. The van der Waals surface area contributed by atoms with Crippen LogP contribution in [0.5, 0.6) is 0 Å². The summed E-state index contributed by atoms with van der Waals surface area (Å²) in [5.41, 5.74) is 13.7. The molecule has 0 spiro atoms. The minimum absolute atomic E-state index is 0.893. The third kappa shape index (κ3) is 5.82. The molecule has 3 heteroatoms. The first-order valence-electron chi connectivity index (χ1n) is 21.5. The van der Waals surface area contributed by atoms with Gasteiger partial charge < -0.3 is 13.7 Å². The topological polar surface area (TPSA) is 29.5 Å². The van der Waals surface area contributed by atoms with E-state index in [1.807, 2.05) is 12.1 Å². The molecule has 0 radical (unpaired) electrons. The molecule has 0 amide bonds. The molecule has 0 aliphatic carbocycles. The Morgan fingerprint density at radius 3 is 1.49 bits per heavy atom. The van der Waals surface area contributed by atoms with Gasteiger partial charge in [0.2, 0.25) is 0 Å². The lowest BCUT2D eigenvalue weighted by Crippen LogP contribution is -2.09. The van der Waals surface area contributed by atoms with Crippen LogP contribution in [0.1, 0.15) is 0 Å². The van der Waals surface area contributed by atoms with Crippen molar-refractivity contribution < 1.29 is 8.83 Å². The number of fused-ring (bicyclic) bond motifs is 11. The van der Waals surface area contributed by atoms with Crippen LogP contribution in [0.4, 0.5) is 17.1 Å². The van der Waals surface area contributed by atoms with Crippen LogP contribution < -0.4 is 4.90 Å². The Morgan fingerprint density at radius 1 is 0.270 bits per heavy atom. The lowest BCUT2D eigenvalue weighted by molar-refractivity contribution is 0.669. The van der Waals surface area contributed by atoms with Gasteiger partial charge in [-0.05, 0) is 133 Å². The normalized spacial score (nSPS) is 11.8. The molecule has 63 heavy (non-hydrogen) atoms. The molecular weight excluding hydrogens is 767 g/mol. The molecule has 0 atom stereocenters. The van der Waals surface area contributed by atoms with Crippen molar-refractivity contribution in [2.75, 3.05) is 4.90 Å². The van der Waals surface area contributed by atoms with Crippen molar-refractivity contribution in [1.82, 2.24) is 0 Å². The highest BCUT2D eigenvalue weighted by Crippen LogP contribution is 2.42. The van der Waals surface area contributed by atoms with Gasteiger partial charge in [0.25, 0.3) is 0 Å². The Morgan fingerprint density at radius 2 is 0.762 bits per heavy atom. The number of hydrogen-bond acceptors (Lipinski definition) is 3. The first-order chi connectivity index (χ1) is 31.2. The van der Waals surface area contributed by atoms with Crippen LogP contribution >= 0.6 is 0 Å². The Bertz CT molecular complexity index is 3890. The fraction of sp³-hybridized carbons (Fsp3) is 0. The summed E-state index contributed by atoms with van der Waals surface area (Å²) in [5, 5.41) is 11.9. The second-order valence-electron chi connectivity index (χ2n) is 16.5. The second kappa shape index (κ2) is 14.1. The van der Waals surface area contributed by atoms with Crippen molar-refractivity contribution in [2.24, 2.45) is 0 Å². The van der Waals surface area contributed by atoms with Gasteiger partial charge in [0, 0.05) is 44.0 Å². The minimum Gasteiger partial charge on any atom is -0.456 e. The van der Waals surface area contributed by atoms with Crippen molar-refractivity contribution in [2.45, 2.75) is 0 Å². The van der Waals surface area contributed by atoms with Crippen molar-refractivity contribution in [3.05, 3.63) is 224 Å². The van der Waals surface area contributed by atoms with Gasteiger partial charge >= 0.3 is 0 Å². The fourth-order valence-corrected chi connectivity index (χ4v) is 9.74. The smallest absolute Gasteiger partial charge is 0.143 e. The van der Waals surface area contributed by atoms with Gasteiger partial charge in [0.05, 0.1) is 0 Å². The van der Waals surface area contributed by atoms with E-state index in [1.165, 1.54) is 38.1 Å². The molecule has 3 nitrogen and oxygen atoms in total. The van der Waals surface area contributed by atoms with E-state index in [1.54, 1.807) is 0 Å². The van der Waals surface area contributed by atoms with Crippen LogP contribution in [0.15, 0.2) is 233 Å². The molecule has 294 valence electrons. The number of benzene rings is 11. The van der Waals surface area contributed by atoms with Crippen molar-refractivity contribution >= 4 is 93.3 Å². The lowest BCUT2D eigenvalue weighted by Gasteiger charge is -2.26. The number of rotatable bonds is 6. The highest BCUT2D eigenvalue weighted by atomic mass is 16.3. The van der Waals surface area contributed by atoms with Crippen LogP contribution in [0.25, 0.3) is 110 Å². The Hall–Kier alpha value is -8.40. The third-order valence-electron chi connectivity index (χ3n) is 12.9. The highest BCUT2D eigenvalue weighted by Gasteiger charge is 2.18. The summed E-state index contributed by atoms with van der Waals surface area (Å²) in [6.45, 7) is 0. The molecule has 13 aromatic rings. The fourth-order valence-electron chi connectivity index (χ4n) is 9.74. The van der Waals surface area contributed by atoms with Gasteiger partial charge in [-0.1, -0.05) is 152 Å². The van der Waals surface area contributed by atoms with E-state index in [0.717, 1.165) is 88.6 Å². The molecule has 0 unspecified atom stereocenters. The number of anilines is 3. The Balaban J connectivity index is 0.890. The van der Waals surface area contributed by atoms with Gasteiger partial charge in [-0.2, -0.15) is 0 Å². The van der Waals surface area contributed by atoms with E-state index in [0.29, 0.717) is 0 Å². The summed E-state index contributed by atoms with van der Waals surface area (Å²) < 4.78 is 12.8. The summed E-state index contributed by atoms with van der Waals surface area (Å²) >= 11 is 0. The monoisotopic (exact) mass is 803 g/mol. The lowest BCUT2D eigenvalue weighted by atomic mass is 9.97.